The van der Waals surface area contributed by atoms with Crippen LogP contribution in [0.25, 0.3) is 22.5 Å². The highest BCUT2D eigenvalue weighted by Crippen LogP contribution is 2.29. The van der Waals surface area contributed by atoms with Gasteiger partial charge in [0.2, 0.25) is 10.0 Å². The van der Waals surface area contributed by atoms with E-state index in [-0.39, 0.29) is 16.7 Å². The third-order valence-electron chi connectivity index (χ3n) is 5.61. The van der Waals surface area contributed by atoms with Gasteiger partial charge in [0.15, 0.2) is 6.61 Å². The number of aromatic nitrogens is 3. The molecule has 0 aliphatic carbocycles. The Morgan fingerprint density at radius 2 is 1.80 bits per heavy atom. The second-order valence-electron chi connectivity index (χ2n) is 8.63. The van der Waals surface area contributed by atoms with Crippen LogP contribution in [0.4, 0.5) is 13.2 Å². The van der Waals surface area contributed by atoms with Gasteiger partial charge in [-0.1, -0.05) is 0 Å². The lowest BCUT2D eigenvalue weighted by atomic mass is 10.1. The highest BCUT2D eigenvalue weighted by atomic mass is 32.2. The normalized spacial score (nSPS) is 17.5. The molecule has 3 heterocycles. The lowest BCUT2D eigenvalue weighted by Gasteiger charge is -2.30. The molecule has 1 atom stereocenters. The molecule has 0 radical (unpaired) electrons. The van der Waals surface area contributed by atoms with Crippen molar-refractivity contribution in [1.29, 1.82) is 0 Å². The van der Waals surface area contributed by atoms with E-state index in [4.69, 9.17) is 4.74 Å². The molecular formula is C23H26F3N5O3S. The SMILES string of the molecule is CN1CCC[C@H](NS(=O)(=O)c2cc(-c3ccc(OCC(F)(F)F)cc3)nc(-c3cnn(C)c3)c2)C1. The number of benzene rings is 1. The van der Waals surface area contributed by atoms with E-state index in [9.17, 15) is 21.6 Å². The van der Waals surface area contributed by atoms with Gasteiger partial charge in [-0.15, -0.1) is 0 Å². The number of pyridine rings is 1. The molecule has 4 rings (SSSR count). The van der Waals surface area contributed by atoms with Gasteiger partial charge in [0, 0.05) is 37.0 Å². The van der Waals surface area contributed by atoms with Gasteiger partial charge in [0.05, 0.1) is 22.5 Å². The maximum Gasteiger partial charge on any atom is 0.422 e. The first-order valence-corrected chi connectivity index (χ1v) is 12.5. The summed E-state index contributed by atoms with van der Waals surface area (Å²) in [5, 5.41) is 4.14. The van der Waals surface area contributed by atoms with Crippen LogP contribution in [-0.2, 0) is 17.1 Å². The van der Waals surface area contributed by atoms with E-state index in [2.05, 4.69) is 19.7 Å². The maximum absolute atomic E-state index is 13.3. The molecule has 1 fully saturated rings. The van der Waals surface area contributed by atoms with Crippen LogP contribution in [0.15, 0.2) is 53.7 Å². The maximum atomic E-state index is 13.3. The Hall–Kier alpha value is -2.96. The van der Waals surface area contributed by atoms with Gasteiger partial charge in [0.25, 0.3) is 0 Å². The number of alkyl halides is 3. The van der Waals surface area contributed by atoms with Gasteiger partial charge >= 0.3 is 6.18 Å². The van der Waals surface area contributed by atoms with Crippen molar-refractivity contribution < 1.29 is 26.3 Å². The number of sulfonamides is 1. The van der Waals surface area contributed by atoms with E-state index < -0.39 is 22.8 Å². The zero-order chi connectivity index (χ0) is 25.2. The predicted octanol–water partition coefficient (Wildman–Crippen LogP) is 3.46. The largest absolute Gasteiger partial charge is 0.484 e. The number of hydrogen-bond acceptors (Lipinski definition) is 6. The summed E-state index contributed by atoms with van der Waals surface area (Å²) in [5.41, 5.74) is 1.93. The molecule has 8 nitrogen and oxygen atoms in total. The number of likely N-dealkylation sites (N-methyl/N-ethyl adjacent to an activating group) is 1. The van der Waals surface area contributed by atoms with Crippen molar-refractivity contribution in [3.8, 4) is 28.3 Å². The molecular weight excluding hydrogens is 483 g/mol. The standard InChI is InChI=1S/C23H26F3N5O3S/c1-30-9-3-4-18(14-30)29-35(32,33)20-10-21(28-22(11-20)17-12-27-31(2)13-17)16-5-7-19(8-6-16)34-15-23(24,25)26/h5-8,10-13,18,29H,3-4,9,14-15H2,1-2H3/t18-/m0/s1. The van der Waals surface area contributed by atoms with Gasteiger partial charge in [-0.05, 0) is 62.8 Å². The van der Waals surface area contributed by atoms with Crippen LogP contribution in [0.1, 0.15) is 12.8 Å². The number of nitrogens with zero attached hydrogens (tertiary/aromatic N) is 4. The predicted molar refractivity (Wildman–Crippen MR) is 124 cm³/mol. The molecule has 1 N–H and O–H groups in total. The lowest BCUT2D eigenvalue weighted by molar-refractivity contribution is -0.153. The Balaban J connectivity index is 1.67. The van der Waals surface area contributed by atoms with Gasteiger partial charge in [-0.2, -0.15) is 18.3 Å². The molecule has 0 amide bonds. The van der Waals surface area contributed by atoms with Crippen molar-refractivity contribution in [2.45, 2.75) is 30.0 Å². The lowest BCUT2D eigenvalue weighted by Crippen LogP contribution is -2.46. The van der Waals surface area contributed by atoms with Crippen LogP contribution in [0.3, 0.4) is 0 Å². The van der Waals surface area contributed by atoms with E-state index in [1.807, 2.05) is 7.05 Å². The molecule has 0 unspecified atom stereocenters. The highest BCUT2D eigenvalue weighted by molar-refractivity contribution is 7.89. The van der Waals surface area contributed by atoms with E-state index in [1.54, 1.807) is 36.3 Å². The molecule has 0 spiro atoms. The third kappa shape index (κ3) is 6.59. The number of ether oxygens (including phenoxy) is 1. The second-order valence-corrected chi connectivity index (χ2v) is 10.3. The minimum absolute atomic E-state index is 0.0467. The van der Waals surface area contributed by atoms with Crippen LogP contribution in [0.2, 0.25) is 0 Å². The fourth-order valence-electron chi connectivity index (χ4n) is 3.95. The van der Waals surface area contributed by atoms with Gasteiger partial charge < -0.3 is 9.64 Å². The van der Waals surface area contributed by atoms with Gasteiger partial charge in [-0.3, -0.25) is 4.68 Å². The summed E-state index contributed by atoms with van der Waals surface area (Å²) in [4.78, 5) is 6.73. The summed E-state index contributed by atoms with van der Waals surface area (Å²) in [7, 11) is -0.170. The summed E-state index contributed by atoms with van der Waals surface area (Å²) in [6, 6.07) is 8.62. The summed E-state index contributed by atoms with van der Waals surface area (Å²) >= 11 is 0. The fourth-order valence-corrected chi connectivity index (χ4v) is 5.25. The van der Waals surface area contributed by atoms with Gasteiger partial charge in [0.1, 0.15) is 5.75 Å². The number of piperidine rings is 1. The molecule has 1 aliphatic heterocycles. The van der Waals surface area contributed by atoms with E-state index in [1.165, 1.54) is 24.3 Å². The fraction of sp³-hybridized carbons (Fsp3) is 0.391. The third-order valence-corrected chi connectivity index (χ3v) is 7.11. The molecule has 12 heteroatoms. The minimum Gasteiger partial charge on any atom is -0.484 e. The van der Waals surface area contributed by atoms with Crippen molar-refractivity contribution in [3.63, 3.8) is 0 Å². The van der Waals surface area contributed by atoms with Crippen LogP contribution in [-0.4, -0.2) is 67.0 Å². The summed E-state index contributed by atoms with van der Waals surface area (Å²) in [5.74, 6) is 0.0467. The van der Waals surface area contributed by atoms with E-state index >= 15 is 0 Å². The summed E-state index contributed by atoms with van der Waals surface area (Å²) in [6.07, 6.45) is 0.507. The van der Waals surface area contributed by atoms with Crippen LogP contribution in [0, 0.1) is 0 Å². The molecule has 188 valence electrons. The summed E-state index contributed by atoms with van der Waals surface area (Å²) in [6.45, 7) is 0.142. The smallest absolute Gasteiger partial charge is 0.422 e. The average Bonchev–Trinajstić information content (AvgIpc) is 3.23. The highest BCUT2D eigenvalue weighted by Gasteiger charge is 2.28. The summed E-state index contributed by atoms with van der Waals surface area (Å²) < 4.78 is 73.1. The van der Waals surface area contributed by atoms with Crippen LogP contribution < -0.4 is 9.46 Å². The second kappa shape index (κ2) is 9.96. The van der Waals surface area contributed by atoms with Crippen LogP contribution >= 0.6 is 0 Å². The first-order chi connectivity index (χ1) is 16.5. The first-order valence-electron chi connectivity index (χ1n) is 11.0. The first kappa shape index (κ1) is 25.1. The van der Waals surface area contributed by atoms with Crippen molar-refractivity contribution in [2.24, 2.45) is 7.05 Å². The molecule has 1 aliphatic rings. The van der Waals surface area contributed by atoms with Gasteiger partial charge in [-0.25, -0.2) is 18.1 Å². The molecule has 0 bridgehead atoms. The number of rotatable bonds is 7. The average molecular weight is 510 g/mol. The number of nitrogens with one attached hydrogen (secondary N) is 1. The zero-order valence-electron chi connectivity index (χ0n) is 19.3. The van der Waals surface area contributed by atoms with E-state index in [0.717, 1.165) is 19.4 Å². The monoisotopic (exact) mass is 509 g/mol. The van der Waals surface area contributed by atoms with Crippen molar-refractivity contribution in [2.75, 3.05) is 26.7 Å². The molecule has 2 aromatic heterocycles. The number of hydrogen-bond donors (Lipinski definition) is 1. The van der Waals surface area contributed by atoms with Crippen molar-refractivity contribution in [3.05, 3.63) is 48.8 Å². The molecule has 0 saturated carbocycles. The quantitative estimate of drug-likeness (QED) is 0.525. The molecule has 35 heavy (non-hydrogen) atoms. The molecule has 1 aromatic carbocycles. The Morgan fingerprint density at radius 1 is 1.11 bits per heavy atom. The Bertz CT molecular complexity index is 1280. The topological polar surface area (TPSA) is 89.3 Å². The Labute approximate surface area is 201 Å². The van der Waals surface area contributed by atoms with Crippen LogP contribution in [0.5, 0.6) is 5.75 Å². The Morgan fingerprint density at radius 3 is 2.40 bits per heavy atom. The molecule has 3 aromatic rings. The zero-order valence-corrected chi connectivity index (χ0v) is 20.1. The van der Waals surface area contributed by atoms with Crippen molar-refractivity contribution >= 4 is 10.0 Å². The molecule has 1 saturated heterocycles. The number of likely N-dealkylation sites (tertiary alicyclic amines) is 1. The van der Waals surface area contributed by atoms with Crippen molar-refractivity contribution in [1.82, 2.24) is 24.4 Å². The Kier molecular flexibility index (Phi) is 7.15. The number of aryl methyl sites for hydroxylation is 1. The van der Waals surface area contributed by atoms with E-state index in [0.29, 0.717) is 29.1 Å². The minimum atomic E-state index is -4.44. The number of halogens is 3.